The quantitative estimate of drug-likeness (QED) is 0.322. The molecule has 0 saturated heterocycles. The number of carbonyl (C=O) groups excluding carboxylic acids is 1. The van der Waals surface area contributed by atoms with E-state index in [9.17, 15) is 13.6 Å². The summed E-state index contributed by atoms with van der Waals surface area (Å²) in [6, 6.07) is 7.65. The van der Waals surface area contributed by atoms with Gasteiger partial charge in [0.05, 0.1) is 6.61 Å². The molecule has 1 aliphatic heterocycles. The Hall–Kier alpha value is -1.02. The Kier molecular flexibility index (Phi) is 7.93. The highest BCUT2D eigenvalue weighted by atomic mass is 127. The summed E-state index contributed by atoms with van der Waals surface area (Å²) in [4.78, 5) is 13.4. The molecule has 1 N–H and O–H groups in total. The Balaban J connectivity index is 1.74. The first-order chi connectivity index (χ1) is 14.2. The van der Waals surface area contributed by atoms with Gasteiger partial charge in [0.1, 0.15) is 6.61 Å². The van der Waals surface area contributed by atoms with E-state index in [0.29, 0.717) is 0 Å². The fourth-order valence-electron chi connectivity index (χ4n) is 4.80. The Labute approximate surface area is 192 Å². The highest BCUT2D eigenvalue weighted by Gasteiger charge is 2.41. The van der Waals surface area contributed by atoms with Crippen LogP contribution in [0.25, 0.3) is 5.70 Å². The summed E-state index contributed by atoms with van der Waals surface area (Å²) in [7, 11) is 0. The van der Waals surface area contributed by atoms with E-state index >= 15 is 0 Å². The molecule has 1 amide bonds. The Morgan fingerprint density at radius 2 is 2.07 bits per heavy atom. The molecule has 1 aromatic carbocycles. The number of alkyl halides is 3. The van der Waals surface area contributed by atoms with Crippen molar-refractivity contribution in [1.82, 2.24) is 5.32 Å². The molecule has 2 unspecified atom stereocenters. The summed E-state index contributed by atoms with van der Waals surface area (Å²) in [6.45, 7) is 3.84. The van der Waals surface area contributed by atoms with E-state index in [-0.39, 0.29) is 17.9 Å². The highest BCUT2D eigenvalue weighted by Crippen LogP contribution is 2.44. The first-order valence-corrected chi connectivity index (χ1v) is 12.1. The molecule has 3 rings (SSSR count). The second kappa shape index (κ2) is 10.1. The van der Waals surface area contributed by atoms with Crippen LogP contribution in [0.2, 0.25) is 0 Å². The molecule has 1 heterocycles. The van der Waals surface area contributed by atoms with E-state index in [1.807, 2.05) is 24.3 Å². The Morgan fingerprint density at radius 1 is 1.27 bits per heavy atom. The van der Waals surface area contributed by atoms with Crippen LogP contribution in [0.4, 0.5) is 8.78 Å². The molecule has 0 bridgehead atoms. The Bertz CT molecular complexity index is 790. The number of nitrogens with one attached hydrogen (secondary N) is 1. The SMILES string of the molecule is CCC1CCCC2(CCC(C)=C(c3cccc(COCC(F)(F)I)c3)NC2=O)CC1. The topological polar surface area (TPSA) is 38.3 Å². The van der Waals surface area contributed by atoms with E-state index < -0.39 is 10.5 Å². The number of rotatable bonds is 6. The minimum atomic E-state index is -2.87. The van der Waals surface area contributed by atoms with Gasteiger partial charge in [-0.3, -0.25) is 4.79 Å². The van der Waals surface area contributed by atoms with Crippen molar-refractivity contribution in [3.8, 4) is 0 Å². The lowest BCUT2D eigenvalue weighted by Crippen LogP contribution is -2.38. The van der Waals surface area contributed by atoms with Crippen molar-refractivity contribution in [2.24, 2.45) is 11.3 Å². The standard InChI is InChI=1S/C24H32F2INO2/c1-3-18-7-5-11-23(13-10-18)12-9-17(2)21(28-22(23)29)20-8-4-6-19(14-20)15-30-16-24(25,26)27/h4,6,8,14,18H,3,5,7,9-13,15-16H2,1-2H3,(H,28,29). The smallest absolute Gasteiger partial charge is 0.319 e. The van der Waals surface area contributed by atoms with E-state index in [1.165, 1.54) is 18.4 Å². The third-order valence-electron chi connectivity index (χ3n) is 6.75. The van der Waals surface area contributed by atoms with Crippen molar-refractivity contribution in [2.75, 3.05) is 6.61 Å². The largest absolute Gasteiger partial charge is 0.370 e. The van der Waals surface area contributed by atoms with Crippen LogP contribution in [0.3, 0.4) is 0 Å². The summed E-state index contributed by atoms with van der Waals surface area (Å²) in [5, 5.41) is 3.25. The molecule has 1 spiro atoms. The lowest BCUT2D eigenvalue weighted by Gasteiger charge is -2.30. The zero-order valence-corrected chi connectivity index (χ0v) is 20.1. The van der Waals surface area contributed by atoms with Crippen molar-refractivity contribution in [3.05, 3.63) is 41.0 Å². The predicted octanol–water partition coefficient (Wildman–Crippen LogP) is 6.85. The third-order valence-corrected chi connectivity index (χ3v) is 7.06. The number of amides is 1. The molecule has 2 atom stereocenters. The lowest BCUT2D eigenvalue weighted by molar-refractivity contribution is -0.130. The third kappa shape index (κ3) is 6.02. The highest BCUT2D eigenvalue weighted by molar-refractivity contribution is 14.1. The predicted molar refractivity (Wildman–Crippen MR) is 124 cm³/mol. The molecule has 1 saturated carbocycles. The maximum atomic E-state index is 13.4. The van der Waals surface area contributed by atoms with Crippen molar-refractivity contribution in [1.29, 1.82) is 0 Å². The van der Waals surface area contributed by atoms with Crippen molar-refractivity contribution >= 4 is 34.2 Å². The van der Waals surface area contributed by atoms with Gasteiger partial charge in [-0.1, -0.05) is 44.4 Å². The number of ether oxygens (including phenoxy) is 1. The van der Waals surface area contributed by atoms with Crippen LogP contribution in [0.5, 0.6) is 0 Å². The van der Waals surface area contributed by atoms with E-state index in [2.05, 4.69) is 19.2 Å². The summed E-state index contributed by atoms with van der Waals surface area (Å²) in [6.07, 6.45) is 8.40. The van der Waals surface area contributed by atoms with Gasteiger partial charge in [0.2, 0.25) is 5.91 Å². The Morgan fingerprint density at radius 3 is 2.80 bits per heavy atom. The van der Waals surface area contributed by atoms with Gasteiger partial charge in [-0.2, -0.15) is 8.78 Å². The van der Waals surface area contributed by atoms with Crippen LogP contribution < -0.4 is 5.32 Å². The molecule has 2 aliphatic rings. The zero-order chi connectivity index (χ0) is 21.8. The number of allylic oxidation sites excluding steroid dienone is 1. The summed E-state index contributed by atoms with van der Waals surface area (Å²) in [5.74, 6) is 0.887. The van der Waals surface area contributed by atoms with E-state index in [4.69, 9.17) is 4.74 Å². The molecular weight excluding hydrogens is 499 g/mol. The molecule has 1 fully saturated rings. The molecule has 0 radical (unpaired) electrons. The van der Waals surface area contributed by atoms with Crippen molar-refractivity contribution in [2.45, 2.75) is 75.8 Å². The van der Waals surface area contributed by atoms with Gasteiger partial charge in [0.25, 0.3) is 0 Å². The maximum absolute atomic E-state index is 13.4. The van der Waals surface area contributed by atoms with E-state index in [0.717, 1.165) is 83.9 Å². The molecule has 3 nitrogen and oxygen atoms in total. The molecule has 0 aromatic heterocycles. The van der Waals surface area contributed by atoms with Crippen LogP contribution in [-0.4, -0.2) is 16.4 Å². The lowest BCUT2D eigenvalue weighted by atomic mass is 9.75. The minimum Gasteiger partial charge on any atom is -0.370 e. The van der Waals surface area contributed by atoms with Crippen LogP contribution in [0, 0.1) is 11.3 Å². The number of benzene rings is 1. The molecule has 1 aliphatic carbocycles. The monoisotopic (exact) mass is 531 g/mol. The number of carbonyl (C=O) groups is 1. The normalized spacial score (nSPS) is 25.8. The van der Waals surface area contributed by atoms with Gasteiger partial charge in [-0.15, -0.1) is 0 Å². The van der Waals surface area contributed by atoms with Gasteiger partial charge in [0.15, 0.2) is 0 Å². The number of hydrogen-bond acceptors (Lipinski definition) is 2. The number of halogens is 3. The number of hydrogen-bond donors (Lipinski definition) is 1. The van der Waals surface area contributed by atoms with Crippen LogP contribution in [0.1, 0.15) is 76.3 Å². The van der Waals surface area contributed by atoms with Gasteiger partial charge < -0.3 is 10.1 Å². The van der Waals surface area contributed by atoms with Crippen LogP contribution in [-0.2, 0) is 16.1 Å². The summed E-state index contributed by atoms with van der Waals surface area (Å²) in [5.41, 5.74) is 3.52. The minimum absolute atomic E-state index is 0.120. The molecule has 6 heteroatoms. The fraction of sp³-hybridized carbons (Fsp3) is 0.625. The van der Waals surface area contributed by atoms with Crippen molar-refractivity contribution in [3.63, 3.8) is 0 Å². The molecule has 30 heavy (non-hydrogen) atoms. The fourth-order valence-corrected chi connectivity index (χ4v) is 5.02. The van der Waals surface area contributed by atoms with Gasteiger partial charge in [-0.05, 0) is 67.7 Å². The first kappa shape index (κ1) is 23.6. The molecule has 1 aromatic rings. The van der Waals surface area contributed by atoms with Crippen molar-refractivity contribution < 1.29 is 18.3 Å². The maximum Gasteiger partial charge on any atom is 0.319 e. The summed E-state index contributed by atoms with van der Waals surface area (Å²) >= 11 is 1.08. The molecular formula is C24H32F2INO2. The van der Waals surface area contributed by atoms with Gasteiger partial charge in [0, 0.05) is 33.7 Å². The zero-order valence-electron chi connectivity index (χ0n) is 17.9. The average molecular weight is 531 g/mol. The second-order valence-corrected chi connectivity index (χ2v) is 10.5. The summed E-state index contributed by atoms with van der Waals surface area (Å²) < 4.78 is 28.3. The van der Waals surface area contributed by atoms with E-state index in [1.54, 1.807) is 0 Å². The van der Waals surface area contributed by atoms with Gasteiger partial charge in [-0.25, -0.2) is 0 Å². The van der Waals surface area contributed by atoms with Crippen LogP contribution >= 0.6 is 22.6 Å². The van der Waals surface area contributed by atoms with Crippen LogP contribution in [0.15, 0.2) is 29.8 Å². The first-order valence-electron chi connectivity index (χ1n) is 11.0. The second-order valence-electron chi connectivity index (χ2n) is 8.90. The van der Waals surface area contributed by atoms with Gasteiger partial charge >= 0.3 is 3.93 Å². The average Bonchev–Trinajstić information content (AvgIpc) is 2.98. The molecule has 166 valence electrons.